The average molecular weight is 385 g/mol. The number of nitrogens with two attached hydrogens (primary N) is 1. The van der Waals surface area contributed by atoms with E-state index in [0.29, 0.717) is 0 Å². The molecule has 0 saturated carbocycles. The zero-order valence-electron chi connectivity index (χ0n) is 10.8. The van der Waals surface area contributed by atoms with Gasteiger partial charge in [0.05, 0.1) is 13.2 Å². The van der Waals surface area contributed by atoms with E-state index in [2.05, 4.69) is 50.9 Å². The molecule has 100 valence electrons. The standard InChI is InChI=1S/C15H15Br2NO/c1-9-7-14(17)12(8-13(9)16)15(18)10-3-5-11(19-2)6-4-10/h3-8,15H,18H2,1-2H3. The van der Waals surface area contributed by atoms with E-state index in [4.69, 9.17) is 10.5 Å². The molecule has 0 heterocycles. The number of benzene rings is 2. The van der Waals surface area contributed by atoms with Crippen molar-refractivity contribution >= 4 is 31.9 Å². The Kier molecular flexibility index (Phi) is 4.66. The normalized spacial score (nSPS) is 12.3. The molecule has 4 heteroatoms. The molecule has 0 aliphatic carbocycles. The van der Waals surface area contributed by atoms with Crippen LogP contribution in [0.2, 0.25) is 0 Å². The van der Waals surface area contributed by atoms with Gasteiger partial charge < -0.3 is 10.5 Å². The second-order valence-corrected chi connectivity index (χ2v) is 6.08. The van der Waals surface area contributed by atoms with E-state index >= 15 is 0 Å². The van der Waals surface area contributed by atoms with Gasteiger partial charge in [-0.2, -0.15) is 0 Å². The summed E-state index contributed by atoms with van der Waals surface area (Å²) >= 11 is 7.13. The minimum Gasteiger partial charge on any atom is -0.497 e. The summed E-state index contributed by atoms with van der Waals surface area (Å²) in [4.78, 5) is 0. The van der Waals surface area contributed by atoms with Crippen LogP contribution in [0.3, 0.4) is 0 Å². The molecular weight excluding hydrogens is 370 g/mol. The minimum atomic E-state index is -0.169. The minimum absolute atomic E-state index is 0.169. The topological polar surface area (TPSA) is 35.2 Å². The van der Waals surface area contributed by atoms with E-state index in [1.807, 2.05) is 24.3 Å². The summed E-state index contributed by atoms with van der Waals surface area (Å²) in [6, 6.07) is 11.8. The first-order valence-corrected chi connectivity index (χ1v) is 7.46. The smallest absolute Gasteiger partial charge is 0.118 e. The number of rotatable bonds is 3. The number of aryl methyl sites for hydroxylation is 1. The van der Waals surface area contributed by atoms with Crippen molar-refractivity contribution in [3.63, 3.8) is 0 Å². The number of hydrogen-bond acceptors (Lipinski definition) is 2. The van der Waals surface area contributed by atoms with Gasteiger partial charge in [0.15, 0.2) is 0 Å². The van der Waals surface area contributed by atoms with E-state index in [-0.39, 0.29) is 6.04 Å². The van der Waals surface area contributed by atoms with Crippen LogP contribution in [-0.2, 0) is 0 Å². The van der Waals surface area contributed by atoms with Crippen LogP contribution in [-0.4, -0.2) is 7.11 Å². The van der Waals surface area contributed by atoms with Gasteiger partial charge in [0.1, 0.15) is 5.75 Å². The molecular formula is C15H15Br2NO. The van der Waals surface area contributed by atoms with Crippen LogP contribution in [0, 0.1) is 6.92 Å². The van der Waals surface area contributed by atoms with Gasteiger partial charge >= 0.3 is 0 Å². The Balaban J connectivity index is 2.37. The molecule has 0 amide bonds. The van der Waals surface area contributed by atoms with Crippen LogP contribution in [0.1, 0.15) is 22.7 Å². The Morgan fingerprint density at radius 3 is 2.26 bits per heavy atom. The SMILES string of the molecule is COc1ccc(C(N)c2cc(Br)c(C)cc2Br)cc1. The molecule has 2 rings (SSSR count). The fourth-order valence-corrected chi connectivity index (χ4v) is 2.96. The fourth-order valence-electron chi connectivity index (χ4n) is 1.89. The zero-order valence-corrected chi connectivity index (χ0v) is 14.0. The molecule has 0 aliphatic rings. The molecule has 0 aromatic heterocycles. The van der Waals surface area contributed by atoms with Crippen molar-refractivity contribution < 1.29 is 4.74 Å². The lowest BCUT2D eigenvalue weighted by atomic mass is 9.99. The Morgan fingerprint density at radius 1 is 1.05 bits per heavy atom. The zero-order chi connectivity index (χ0) is 14.0. The highest BCUT2D eigenvalue weighted by atomic mass is 79.9. The van der Waals surface area contributed by atoms with Gasteiger partial charge in [-0.05, 0) is 47.9 Å². The van der Waals surface area contributed by atoms with Gasteiger partial charge in [0.25, 0.3) is 0 Å². The first-order chi connectivity index (χ1) is 9.02. The molecule has 2 aromatic carbocycles. The average Bonchev–Trinajstić information content (AvgIpc) is 2.42. The number of hydrogen-bond donors (Lipinski definition) is 1. The highest BCUT2D eigenvalue weighted by molar-refractivity contribution is 9.11. The molecule has 0 aliphatic heterocycles. The summed E-state index contributed by atoms with van der Waals surface area (Å²) in [6.45, 7) is 2.05. The number of halogens is 2. The predicted molar refractivity (Wildman–Crippen MR) is 85.6 cm³/mol. The fraction of sp³-hybridized carbons (Fsp3) is 0.200. The lowest BCUT2D eigenvalue weighted by Crippen LogP contribution is -2.12. The summed E-state index contributed by atoms with van der Waals surface area (Å²) in [7, 11) is 1.66. The summed E-state index contributed by atoms with van der Waals surface area (Å²) < 4.78 is 7.24. The Hall–Kier alpha value is -0.840. The highest BCUT2D eigenvalue weighted by Gasteiger charge is 2.14. The summed E-state index contributed by atoms with van der Waals surface area (Å²) in [5.41, 5.74) is 9.63. The van der Waals surface area contributed by atoms with E-state index in [1.165, 1.54) is 5.56 Å². The summed E-state index contributed by atoms with van der Waals surface area (Å²) in [5, 5.41) is 0. The van der Waals surface area contributed by atoms with E-state index in [0.717, 1.165) is 25.8 Å². The third kappa shape index (κ3) is 3.19. The molecule has 0 saturated heterocycles. The van der Waals surface area contributed by atoms with E-state index < -0.39 is 0 Å². The van der Waals surface area contributed by atoms with Crippen molar-refractivity contribution in [1.82, 2.24) is 0 Å². The van der Waals surface area contributed by atoms with Crippen LogP contribution in [0.25, 0.3) is 0 Å². The van der Waals surface area contributed by atoms with Gasteiger partial charge in [-0.1, -0.05) is 44.0 Å². The molecule has 2 N–H and O–H groups in total. The van der Waals surface area contributed by atoms with E-state index in [9.17, 15) is 0 Å². The largest absolute Gasteiger partial charge is 0.497 e. The van der Waals surface area contributed by atoms with Gasteiger partial charge in [0.2, 0.25) is 0 Å². The molecule has 1 unspecified atom stereocenters. The Bertz CT molecular complexity index is 581. The summed E-state index contributed by atoms with van der Waals surface area (Å²) in [6.07, 6.45) is 0. The third-order valence-corrected chi connectivity index (χ3v) is 4.63. The number of methoxy groups -OCH3 is 1. The lowest BCUT2D eigenvalue weighted by molar-refractivity contribution is 0.414. The van der Waals surface area contributed by atoms with Gasteiger partial charge in [-0.25, -0.2) is 0 Å². The molecule has 0 spiro atoms. The van der Waals surface area contributed by atoms with Gasteiger partial charge in [0, 0.05) is 8.95 Å². The molecule has 0 radical (unpaired) electrons. The van der Waals surface area contributed by atoms with E-state index in [1.54, 1.807) is 7.11 Å². The first-order valence-electron chi connectivity index (χ1n) is 5.88. The first kappa shape index (κ1) is 14.6. The summed E-state index contributed by atoms with van der Waals surface area (Å²) in [5.74, 6) is 0.833. The van der Waals surface area contributed by atoms with Crippen molar-refractivity contribution in [3.05, 3.63) is 62.0 Å². The van der Waals surface area contributed by atoms with Crippen molar-refractivity contribution in [2.45, 2.75) is 13.0 Å². The third-order valence-electron chi connectivity index (χ3n) is 3.09. The molecule has 0 bridgehead atoms. The molecule has 2 aromatic rings. The predicted octanol–water partition coefficient (Wildman–Crippen LogP) is 4.58. The maximum absolute atomic E-state index is 6.34. The molecule has 19 heavy (non-hydrogen) atoms. The highest BCUT2D eigenvalue weighted by Crippen LogP contribution is 2.32. The molecule has 1 atom stereocenters. The molecule has 2 nitrogen and oxygen atoms in total. The van der Waals surface area contributed by atoms with Gasteiger partial charge in [-0.15, -0.1) is 0 Å². The quantitative estimate of drug-likeness (QED) is 0.840. The second kappa shape index (κ2) is 6.07. The maximum Gasteiger partial charge on any atom is 0.118 e. The van der Waals surface area contributed by atoms with Crippen LogP contribution in [0.15, 0.2) is 45.3 Å². The maximum atomic E-state index is 6.34. The van der Waals surface area contributed by atoms with Crippen molar-refractivity contribution in [1.29, 1.82) is 0 Å². The van der Waals surface area contributed by atoms with Gasteiger partial charge in [-0.3, -0.25) is 0 Å². The van der Waals surface area contributed by atoms with Crippen molar-refractivity contribution in [2.24, 2.45) is 5.73 Å². The second-order valence-electron chi connectivity index (χ2n) is 4.37. The number of ether oxygens (including phenoxy) is 1. The van der Waals surface area contributed by atoms with Crippen LogP contribution in [0.5, 0.6) is 5.75 Å². The van der Waals surface area contributed by atoms with Crippen molar-refractivity contribution in [2.75, 3.05) is 7.11 Å². The van der Waals surface area contributed by atoms with Crippen molar-refractivity contribution in [3.8, 4) is 5.75 Å². The van der Waals surface area contributed by atoms with Crippen LogP contribution >= 0.6 is 31.9 Å². The van der Waals surface area contributed by atoms with Crippen LogP contribution < -0.4 is 10.5 Å². The lowest BCUT2D eigenvalue weighted by Gasteiger charge is -2.16. The Labute approximate surface area is 130 Å². The molecule has 0 fully saturated rings. The monoisotopic (exact) mass is 383 g/mol. The van der Waals surface area contributed by atoms with Crippen LogP contribution in [0.4, 0.5) is 0 Å². The Morgan fingerprint density at radius 2 is 1.68 bits per heavy atom.